The SMILES string of the molecule is COC(=O)c1ccc(N=N/C(C(C)=O)=C(/C)O)cc1. The van der Waals surface area contributed by atoms with Crippen molar-refractivity contribution < 1.29 is 19.4 Å². The first kappa shape index (κ1) is 14.6. The fraction of sp³-hybridized carbons (Fsp3) is 0.231. The molecule has 6 nitrogen and oxygen atoms in total. The molecule has 0 saturated carbocycles. The smallest absolute Gasteiger partial charge is 0.337 e. The molecule has 0 aliphatic carbocycles. The van der Waals surface area contributed by atoms with Crippen LogP contribution in [-0.2, 0) is 9.53 Å². The molecule has 0 heterocycles. The van der Waals surface area contributed by atoms with E-state index in [0.717, 1.165) is 0 Å². The zero-order valence-corrected chi connectivity index (χ0v) is 10.9. The van der Waals surface area contributed by atoms with Gasteiger partial charge in [-0.1, -0.05) is 0 Å². The molecule has 19 heavy (non-hydrogen) atoms. The van der Waals surface area contributed by atoms with E-state index in [-0.39, 0.29) is 17.2 Å². The summed E-state index contributed by atoms with van der Waals surface area (Å²) in [6.07, 6.45) is 0. The van der Waals surface area contributed by atoms with Crippen molar-refractivity contribution in [2.45, 2.75) is 13.8 Å². The monoisotopic (exact) mass is 262 g/mol. The molecular formula is C13H14N2O4. The minimum atomic E-state index is -0.445. The zero-order valence-electron chi connectivity index (χ0n) is 10.9. The van der Waals surface area contributed by atoms with Gasteiger partial charge in [0.05, 0.1) is 18.4 Å². The van der Waals surface area contributed by atoms with Crippen LogP contribution in [0.4, 0.5) is 5.69 Å². The van der Waals surface area contributed by atoms with E-state index in [9.17, 15) is 14.7 Å². The first-order valence-corrected chi connectivity index (χ1v) is 5.46. The van der Waals surface area contributed by atoms with Crippen molar-refractivity contribution in [2.24, 2.45) is 10.2 Å². The number of aliphatic hydroxyl groups excluding tert-OH is 1. The minimum Gasteiger partial charge on any atom is -0.510 e. The maximum absolute atomic E-state index is 11.2. The van der Waals surface area contributed by atoms with Gasteiger partial charge in [0.2, 0.25) is 0 Å². The maximum atomic E-state index is 11.2. The quantitative estimate of drug-likeness (QED) is 0.391. The molecule has 100 valence electrons. The lowest BCUT2D eigenvalue weighted by molar-refractivity contribution is -0.113. The molecule has 1 rings (SSSR count). The molecule has 0 spiro atoms. The van der Waals surface area contributed by atoms with Gasteiger partial charge in [0.25, 0.3) is 0 Å². The molecule has 6 heteroatoms. The number of aliphatic hydroxyl groups is 1. The Morgan fingerprint density at radius 2 is 1.74 bits per heavy atom. The van der Waals surface area contributed by atoms with Crippen LogP contribution < -0.4 is 0 Å². The van der Waals surface area contributed by atoms with Crippen LogP contribution in [0, 0.1) is 0 Å². The van der Waals surface area contributed by atoms with Gasteiger partial charge in [0, 0.05) is 6.92 Å². The van der Waals surface area contributed by atoms with Crippen LogP contribution in [0.1, 0.15) is 24.2 Å². The summed E-state index contributed by atoms with van der Waals surface area (Å²) in [6, 6.07) is 6.17. The van der Waals surface area contributed by atoms with Crippen LogP contribution in [-0.4, -0.2) is 24.0 Å². The fourth-order valence-electron chi connectivity index (χ4n) is 1.29. The Bertz CT molecular complexity index is 540. The number of esters is 1. The molecule has 1 aromatic rings. The molecule has 0 amide bonds. The van der Waals surface area contributed by atoms with Crippen molar-refractivity contribution in [1.29, 1.82) is 0 Å². The Morgan fingerprint density at radius 3 is 2.16 bits per heavy atom. The van der Waals surface area contributed by atoms with Crippen LogP contribution in [0.15, 0.2) is 46.0 Å². The van der Waals surface area contributed by atoms with E-state index in [0.29, 0.717) is 11.3 Å². The number of hydrogen-bond acceptors (Lipinski definition) is 6. The Hall–Kier alpha value is -2.50. The van der Waals surface area contributed by atoms with E-state index in [1.54, 1.807) is 12.1 Å². The van der Waals surface area contributed by atoms with Gasteiger partial charge < -0.3 is 9.84 Å². The third-order valence-electron chi connectivity index (χ3n) is 2.23. The van der Waals surface area contributed by atoms with Gasteiger partial charge in [-0.2, -0.15) is 5.11 Å². The molecule has 0 saturated heterocycles. The summed E-state index contributed by atoms with van der Waals surface area (Å²) in [5.41, 5.74) is 0.742. The van der Waals surface area contributed by atoms with E-state index in [1.807, 2.05) is 0 Å². The highest BCUT2D eigenvalue weighted by Crippen LogP contribution is 2.16. The van der Waals surface area contributed by atoms with Crippen LogP contribution in [0.25, 0.3) is 0 Å². The Labute approximate surface area is 110 Å². The van der Waals surface area contributed by atoms with Crippen LogP contribution in [0.3, 0.4) is 0 Å². The second kappa shape index (κ2) is 6.44. The lowest BCUT2D eigenvalue weighted by atomic mass is 10.2. The number of methoxy groups -OCH3 is 1. The first-order chi connectivity index (χ1) is 8.95. The van der Waals surface area contributed by atoms with E-state index in [4.69, 9.17) is 0 Å². The zero-order chi connectivity index (χ0) is 14.4. The van der Waals surface area contributed by atoms with Crippen molar-refractivity contribution in [3.05, 3.63) is 41.3 Å². The van der Waals surface area contributed by atoms with Crippen molar-refractivity contribution in [2.75, 3.05) is 7.11 Å². The minimum absolute atomic E-state index is 0.1000. The maximum Gasteiger partial charge on any atom is 0.337 e. The molecule has 1 aromatic carbocycles. The lowest BCUT2D eigenvalue weighted by Crippen LogP contribution is -1.99. The fourth-order valence-corrected chi connectivity index (χ4v) is 1.29. The number of rotatable bonds is 4. The van der Waals surface area contributed by atoms with Crippen LogP contribution >= 0.6 is 0 Å². The largest absolute Gasteiger partial charge is 0.510 e. The number of ketones is 1. The summed E-state index contributed by atoms with van der Waals surface area (Å²) in [6.45, 7) is 2.64. The van der Waals surface area contributed by atoms with E-state index < -0.39 is 5.97 Å². The molecule has 0 bridgehead atoms. The number of allylic oxidation sites excluding steroid dienone is 2. The Morgan fingerprint density at radius 1 is 1.16 bits per heavy atom. The molecule has 0 aromatic heterocycles. The highest BCUT2D eigenvalue weighted by atomic mass is 16.5. The van der Waals surface area contributed by atoms with Crippen molar-refractivity contribution in [1.82, 2.24) is 0 Å². The highest BCUT2D eigenvalue weighted by molar-refractivity contribution is 5.93. The van der Waals surface area contributed by atoms with Gasteiger partial charge in [0.15, 0.2) is 11.5 Å². The second-order valence-corrected chi connectivity index (χ2v) is 3.73. The molecule has 0 radical (unpaired) electrons. The molecule has 0 aliphatic rings. The van der Waals surface area contributed by atoms with Gasteiger partial charge in [0.1, 0.15) is 5.76 Å². The third kappa shape index (κ3) is 4.02. The standard InChI is InChI=1S/C13H14N2O4/c1-8(16)12(9(2)17)15-14-11-6-4-10(5-7-11)13(18)19-3/h4-7,16H,1-3H3/b12-8-,15-14?. The summed E-state index contributed by atoms with van der Waals surface area (Å²) in [7, 11) is 1.30. The molecule has 1 N–H and O–H groups in total. The number of azo groups is 1. The molecule has 0 unspecified atom stereocenters. The number of hydrogen-bond donors (Lipinski definition) is 1. The second-order valence-electron chi connectivity index (χ2n) is 3.73. The highest BCUT2D eigenvalue weighted by Gasteiger charge is 2.07. The topological polar surface area (TPSA) is 88.3 Å². The van der Waals surface area contributed by atoms with Crippen LogP contribution in [0.2, 0.25) is 0 Å². The Kier molecular flexibility index (Phi) is 4.93. The van der Waals surface area contributed by atoms with Crippen LogP contribution in [0.5, 0.6) is 0 Å². The number of nitrogens with zero attached hydrogens (tertiary/aromatic N) is 2. The van der Waals surface area contributed by atoms with E-state index >= 15 is 0 Å². The van der Waals surface area contributed by atoms with Crippen molar-refractivity contribution in [3.8, 4) is 0 Å². The number of ether oxygens (including phenoxy) is 1. The molecule has 0 atom stereocenters. The summed E-state index contributed by atoms with van der Waals surface area (Å²) in [5, 5.41) is 16.7. The predicted molar refractivity (Wildman–Crippen MR) is 68.3 cm³/mol. The summed E-state index contributed by atoms with van der Waals surface area (Å²) >= 11 is 0. The third-order valence-corrected chi connectivity index (χ3v) is 2.23. The predicted octanol–water partition coefficient (Wildman–Crippen LogP) is 2.94. The average molecular weight is 262 g/mol. The van der Waals surface area contributed by atoms with Crippen molar-refractivity contribution in [3.63, 3.8) is 0 Å². The number of Topliss-reactive ketones (excluding diaryl/α,β-unsaturated/α-hetero) is 1. The Balaban J connectivity index is 2.92. The van der Waals surface area contributed by atoms with Gasteiger partial charge in [-0.05, 0) is 31.2 Å². The number of carbonyl (C=O) groups is 2. The summed E-state index contributed by atoms with van der Waals surface area (Å²) in [5.74, 6) is -1.02. The summed E-state index contributed by atoms with van der Waals surface area (Å²) in [4.78, 5) is 22.4. The van der Waals surface area contributed by atoms with E-state index in [1.165, 1.54) is 33.1 Å². The lowest BCUT2D eigenvalue weighted by Gasteiger charge is -1.99. The van der Waals surface area contributed by atoms with Gasteiger partial charge >= 0.3 is 5.97 Å². The number of carbonyl (C=O) groups excluding carboxylic acids is 2. The average Bonchev–Trinajstić information content (AvgIpc) is 2.38. The van der Waals surface area contributed by atoms with Crippen molar-refractivity contribution >= 4 is 17.4 Å². The first-order valence-electron chi connectivity index (χ1n) is 5.46. The normalized spacial score (nSPS) is 12.2. The van der Waals surface area contributed by atoms with E-state index in [2.05, 4.69) is 15.0 Å². The van der Waals surface area contributed by atoms with Gasteiger partial charge in [-0.15, -0.1) is 5.11 Å². The molecular weight excluding hydrogens is 248 g/mol. The van der Waals surface area contributed by atoms with Gasteiger partial charge in [-0.3, -0.25) is 4.79 Å². The molecule has 0 aliphatic heterocycles. The summed E-state index contributed by atoms with van der Waals surface area (Å²) < 4.78 is 4.56. The van der Waals surface area contributed by atoms with Gasteiger partial charge in [-0.25, -0.2) is 4.79 Å². The molecule has 0 fully saturated rings. The number of benzene rings is 1.